The number of rotatable bonds is 7. The summed E-state index contributed by atoms with van der Waals surface area (Å²) in [5.41, 5.74) is 1.04. The van der Waals surface area contributed by atoms with Gasteiger partial charge in [0.25, 0.3) is 5.91 Å². The number of anilines is 1. The van der Waals surface area contributed by atoms with Gasteiger partial charge >= 0.3 is 0 Å². The molecule has 1 amide bonds. The van der Waals surface area contributed by atoms with E-state index in [9.17, 15) is 17.6 Å². The molecule has 9 heteroatoms. The molecule has 0 aliphatic carbocycles. The number of ether oxygens (including phenoxy) is 1. The van der Waals surface area contributed by atoms with Gasteiger partial charge in [-0.15, -0.1) is 0 Å². The summed E-state index contributed by atoms with van der Waals surface area (Å²) in [4.78, 5) is 12.3. The van der Waals surface area contributed by atoms with Crippen LogP contribution in [0.3, 0.4) is 0 Å². The van der Waals surface area contributed by atoms with E-state index in [1.165, 1.54) is 43.5 Å². The minimum atomic E-state index is -3.99. The molecule has 0 spiro atoms. The largest absolute Gasteiger partial charge is 0.495 e. The Labute approximate surface area is 178 Å². The Morgan fingerprint density at radius 1 is 1.07 bits per heavy atom. The topological polar surface area (TPSA) is 84.5 Å². The Hall–Kier alpha value is -2.94. The molecule has 6 nitrogen and oxygen atoms in total. The summed E-state index contributed by atoms with van der Waals surface area (Å²) < 4.78 is 46.6. The second kappa shape index (κ2) is 9.25. The van der Waals surface area contributed by atoms with Crippen LogP contribution in [0, 0.1) is 5.82 Å². The van der Waals surface area contributed by atoms with Crippen LogP contribution in [0.2, 0.25) is 5.02 Å². The van der Waals surface area contributed by atoms with Gasteiger partial charge in [0.05, 0.1) is 7.11 Å². The van der Waals surface area contributed by atoms with Crippen LogP contribution in [0.25, 0.3) is 0 Å². The van der Waals surface area contributed by atoms with Crippen LogP contribution >= 0.6 is 11.6 Å². The van der Waals surface area contributed by atoms with Gasteiger partial charge in [-0.25, -0.2) is 17.5 Å². The first-order valence-electron chi connectivity index (χ1n) is 8.77. The van der Waals surface area contributed by atoms with Crippen LogP contribution in [0.4, 0.5) is 10.1 Å². The van der Waals surface area contributed by atoms with E-state index in [0.29, 0.717) is 10.6 Å². The minimum Gasteiger partial charge on any atom is -0.495 e. The number of hydrogen-bond donors (Lipinski definition) is 2. The summed E-state index contributed by atoms with van der Waals surface area (Å²) in [6.45, 7) is 0.0301. The smallest absolute Gasteiger partial charge is 0.255 e. The molecule has 30 heavy (non-hydrogen) atoms. The first kappa shape index (κ1) is 21.8. The van der Waals surface area contributed by atoms with Crippen LogP contribution in [0.5, 0.6) is 5.75 Å². The number of nitrogens with one attached hydrogen (secondary N) is 2. The first-order valence-corrected chi connectivity index (χ1v) is 10.6. The maximum absolute atomic E-state index is 13.3. The van der Waals surface area contributed by atoms with Crippen molar-refractivity contribution in [2.75, 3.05) is 12.4 Å². The highest BCUT2D eigenvalue weighted by molar-refractivity contribution is 7.89. The van der Waals surface area contributed by atoms with E-state index < -0.39 is 21.7 Å². The summed E-state index contributed by atoms with van der Waals surface area (Å²) in [5, 5.41) is 3.07. The second-order valence-corrected chi connectivity index (χ2v) is 8.45. The fourth-order valence-electron chi connectivity index (χ4n) is 2.66. The zero-order chi connectivity index (χ0) is 21.7. The number of amides is 1. The maximum atomic E-state index is 13.3. The third-order valence-electron chi connectivity index (χ3n) is 4.18. The molecule has 0 saturated heterocycles. The van der Waals surface area contributed by atoms with E-state index in [4.69, 9.17) is 16.3 Å². The SMILES string of the molecule is COc1ccc(C(=O)Nc2cccc(F)c2)cc1S(=O)(=O)NCc1ccc(Cl)cc1. The zero-order valence-corrected chi connectivity index (χ0v) is 17.4. The van der Waals surface area contributed by atoms with Crippen molar-refractivity contribution in [3.63, 3.8) is 0 Å². The van der Waals surface area contributed by atoms with Crippen molar-refractivity contribution in [3.8, 4) is 5.75 Å². The number of sulfonamides is 1. The van der Waals surface area contributed by atoms with E-state index >= 15 is 0 Å². The summed E-state index contributed by atoms with van der Waals surface area (Å²) >= 11 is 5.84. The molecule has 0 radical (unpaired) electrons. The number of carbonyl (C=O) groups is 1. The third-order valence-corrected chi connectivity index (χ3v) is 5.85. The molecule has 0 atom stereocenters. The van der Waals surface area contributed by atoms with Crippen molar-refractivity contribution in [2.45, 2.75) is 11.4 Å². The van der Waals surface area contributed by atoms with Crippen LogP contribution in [-0.4, -0.2) is 21.4 Å². The normalized spacial score (nSPS) is 11.2. The Balaban J connectivity index is 1.83. The summed E-state index contributed by atoms with van der Waals surface area (Å²) in [6, 6.07) is 16.1. The molecule has 0 aromatic heterocycles. The van der Waals surface area contributed by atoms with Crippen LogP contribution in [0.1, 0.15) is 15.9 Å². The molecule has 3 rings (SSSR count). The number of methoxy groups -OCH3 is 1. The molecule has 0 aliphatic heterocycles. The lowest BCUT2D eigenvalue weighted by molar-refractivity contribution is 0.102. The highest BCUT2D eigenvalue weighted by Gasteiger charge is 2.22. The molecule has 0 saturated carbocycles. The minimum absolute atomic E-state index is 0.0301. The molecule has 3 aromatic carbocycles. The van der Waals surface area contributed by atoms with Gasteiger partial charge in [-0.05, 0) is 54.1 Å². The molecular formula is C21H18ClFN2O4S. The lowest BCUT2D eigenvalue weighted by atomic mass is 10.2. The summed E-state index contributed by atoms with van der Waals surface area (Å²) in [6.07, 6.45) is 0. The third kappa shape index (κ3) is 5.35. The number of benzene rings is 3. The van der Waals surface area contributed by atoms with Gasteiger partial charge in [-0.1, -0.05) is 29.8 Å². The van der Waals surface area contributed by atoms with Gasteiger partial charge in [-0.2, -0.15) is 0 Å². The van der Waals surface area contributed by atoms with Crippen molar-refractivity contribution in [1.82, 2.24) is 4.72 Å². The van der Waals surface area contributed by atoms with Gasteiger partial charge in [0.15, 0.2) is 0 Å². The average molecular weight is 449 g/mol. The molecule has 0 aliphatic rings. The van der Waals surface area contributed by atoms with Crippen LogP contribution in [-0.2, 0) is 16.6 Å². The molecule has 156 valence electrons. The first-order chi connectivity index (χ1) is 14.3. The molecule has 0 fully saturated rings. The summed E-state index contributed by atoms with van der Waals surface area (Å²) in [5.74, 6) is -1.00. The molecular weight excluding hydrogens is 431 g/mol. The lowest BCUT2D eigenvalue weighted by Gasteiger charge is -2.13. The Bertz CT molecular complexity index is 1170. The molecule has 0 heterocycles. The van der Waals surface area contributed by atoms with Crippen molar-refractivity contribution in [2.24, 2.45) is 0 Å². The van der Waals surface area contributed by atoms with Gasteiger partial charge in [0, 0.05) is 22.8 Å². The van der Waals surface area contributed by atoms with Crippen LogP contribution < -0.4 is 14.8 Å². The standard InChI is InChI=1S/C21H18ClFN2O4S/c1-29-19-10-7-15(21(26)25-18-4-2-3-17(23)12-18)11-20(19)30(27,28)24-13-14-5-8-16(22)9-6-14/h2-12,24H,13H2,1H3,(H,25,26). The van der Waals surface area contributed by atoms with Gasteiger partial charge < -0.3 is 10.1 Å². The van der Waals surface area contributed by atoms with Gasteiger partial charge in [0.2, 0.25) is 10.0 Å². The van der Waals surface area contributed by atoms with E-state index in [-0.39, 0.29) is 28.4 Å². The van der Waals surface area contributed by atoms with E-state index in [0.717, 1.165) is 6.07 Å². The summed E-state index contributed by atoms with van der Waals surface area (Å²) in [7, 11) is -2.66. The fraction of sp³-hybridized carbons (Fsp3) is 0.0952. The number of hydrogen-bond acceptors (Lipinski definition) is 4. The van der Waals surface area contributed by atoms with E-state index in [1.54, 1.807) is 24.3 Å². The average Bonchev–Trinajstić information content (AvgIpc) is 2.73. The predicted octanol–water partition coefficient (Wildman–Crippen LogP) is 4.22. The molecule has 0 bridgehead atoms. The van der Waals surface area contributed by atoms with Crippen LogP contribution in [0.15, 0.2) is 71.6 Å². The molecule has 2 N–H and O–H groups in total. The zero-order valence-electron chi connectivity index (χ0n) is 15.9. The molecule has 3 aromatic rings. The maximum Gasteiger partial charge on any atom is 0.255 e. The second-order valence-electron chi connectivity index (χ2n) is 6.28. The Kier molecular flexibility index (Phi) is 6.71. The Morgan fingerprint density at radius 2 is 1.80 bits per heavy atom. The van der Waals surface area contributed by atoms with Crippen molar-refractivity contribution < 1.29 is 22.3 Å². The lowest BCUT2D eigenvalue weighted by Crippen LogP contribution is -2.24. The number of halogens is 2. The van der Waals surface area contributed by atoms with E-state index in [2.05, 4.69) is 10.0 Å². The van der Waals surface area contributed by atoms with Gasteiger partial charge in [-0.3, -0.25) is 4.79 Å². The number of carbonyl (C=O) groups excluding carboxylic acids is 1. The molecule has 0 unspecified atom stereocenters. The van der Waals surface area contributed by atoms with E-state index in [1.807, 2.05) is 0 Å². The highest BCUT2D eigenvalue weighted by Crippen LogP contribution is 2.26. The predicted molar refractivity (Wildman–Crippen MR) is 113 cm³/mol. The van der Waals surface area contributed by atoms with Crippen molar-refractivity contribution >= 4 is 33.2 Å². The highest BCUT2D eigenvalue weighted by atomic mass is 35.5. The quantitative estimate of drug-likeness (QED) is 0.566. The monoisotopic (exact) mass is 448 g/mol. The fourth-order valence-corrected chi connectivity index (χ4v) is 3.99. The van der Waals surface area contributed by atoms with Gasteiger partial charge in [0.1, 0.15) is 16.5 Å². The van der Waals surface area contributed by atoms with Crippen molar-refractivity contribution in [1.29, 1.82) is 0 Å². The Morgan fingerprint density at radius 3 is 2.47 bits per heavy atom. The van der Waals surface area contributed by atoms with Crippen molar-refractivity contribution in [3.05, 3.63) is 88.7 Å².